The van der Waals surface area contributed by atoms with Crippen LogP contribution in [0, 0.1) is 18.3 Å². The Bertz CT molecular complexity index is 809. The van der Waals surface area contributed by atoms with Crippen LogP contribution < -0.4 is 5.32 Å². The predicted molar refractivity (Wildman–Crippen MR) is 91.5 cm³/mol. The number of carbonyl (C=O) groups is 1. The molecule has 24 heavy (non-hydrogen) atoms. The monoisotopic (exact) mass is 325 g/mol. The summed E-state index contributed by atoms with van der Waals surface area (Å²) in [7, 11) is 0. The number of fused-ring (bicyclic) bond motifs is 1. The topological polar surface area (TPSA) is 83.6 Å². The lowest BCUT2D eigenvalue weighted by atomic mass is 9.82. The van der Waals surface area contributed by atoms with Gasteiger partial charge in [0.1, 0.15) is 5.54 Å². The van der Waals surface area contributed by atoms with Crippen LogP contribution in [0.25, 0.3) is 11.0 Å². The third-order valence-corrected chi connectivity index (χ3v) is 4.70. The van der Waals surface area contributed by atoms with Crippen LogP contribution in [0.4, 0.5) is 0 Å². The molecule has 2 aromatic heterocycles. The van der Waals surface area contributed by atoms with E-state index < -0.39 is 5.54 Å². The van der Waals surface area contributed by atoms with Gasteiger partial charge >= 0.3 is 0 Å². The van der Waals surface area contributed by atoms with Crippen molar-refractivity contribution in [2.45, 2.75) is 64.5 Å². The fourth-order valence-corrected chi connectivity index (χ4v) is 3.41. The van der Waals surface area contributed by atoms with Crippen molar-refractivity contribution in [1.82, 2.24) is 20.1 Å². The van der Waals surface area contributed by atoms with Crippen molar-refractivity contribution in [3.63, 3.8) is 0 Å². The molecule has 0 atom stereocenters. The van der Waals surface area contributed by atoms with E-state index in [0.29, 0.717) is 24.1 Å². The van der Waals surface area contributed by atoms with E-state index in [1.54, 1.807) is 12.3 Å². The van der Waals surface area contributed by atoms with Crippen LogP contribution in [0.15, 0.2) is 12.3 Å². The first kappa shape index (κ1) is 16.4. The Morgan fingerprint density at radius 3 is 2.71 bits per heavy atom. The van der Waals surface area contributed by atoms with E-state index in [9.17, 15) is 10.1 Å². The molecule has 0 saturated heterocycles. The lowest BCUT2D eigenvalue weighted by Crippen LogP contribution is -2.48. The van der Waals surface area contributed by atoms with Crippen molar-refractivity contribution in [2.75, 3.05) is 0 Å². The van der Waals surface area contributed by atoms with E-state index in [1.165, 1.54) is 0 Å². The van der Waals surface area contributed by atoms with E-state index in [0.717, 1.165) is 30.3 Å². The zero-order chi connectivity index (χ0) is 17.3. The van der Waals surface area contributed by atoms with Crippen LogP contribution in [-0.2, 0) is 0 Å². The van der Waals surface area contributed by atoms with Crippen molar-refractivity contribution >= 4 is 16.9 Å². The van der Waals surface area contributed by atoms with Crippen molar-refractivity contribution in [2.24, 2.45) is 0 Å². The molecule has 0 spiro atoms. The standard InChI is InChI=1S/C18H23N5O/c1-12(2)23-16-15(10-20-23)14(9-13(3)21-16)17(24)22-18(11-19)7-5-4-6-8-18/h9-10,12H,4-8H2,1-3H3,(H,22,24). The van der Waals surface area contributed by atoms with Crippen LogP contribution in [0.1, 0.15) is 68.0 Å². The fraction of sp³-hybridized carbons (Fsp3) is 0.556. The van der Waals surface area contributed by atoms with Crippen molar-refractivity contribution in [3.8, 4) is 6.07 Å². The van der Waals surface area contributed by atoms with E-state index in [2.05, 4.69) is 21.5 Å². The van der Waals surface area contributed by atoms with Crippen molar-refractivity contribution < 1.29 is 4.79 Å². The van der Waals surface area contributed by atoms with Crippen molar-refractivity contribution in [1.29, 1.82) is 5.26 Å². The van der Waals surface area contributed by atoms with Crippen LogP contribution in [0.2, 0.25) is 0 Å². The normalized spacial score (nSPS) is 17.0. The van der Waals surface area contributed by atoms with Gasteiger partial charge in [-0.25, -0.2) is 9.67 Å². The molecule has 1 amide bonds. The highest BCUT2D eigenvalue weighted by molar-refractivity contribution is 6.06. The number of nitrogens with zero attached hydrogens (tertiary/aromatic N) is 4. The van der Waals surface area contributed by atoms with E-state index in [4.69, 9.17) is 0 Å². The Morgan fingerprint density at radius 2 is 2.08 bits per heavy atom. The highest BCUT2D eigenvalue weighted by Crippen LogP contribution is 2.29. The van der Waals surface area contributed by atoms with Gasteiger partial charge in [0.05, 0.1) is 23.2 Å². The SMILES string of the molecule is Cc1cc(C(=O)NC2(C#N)CCCCC2)c2cnn(C(C)C)c2n1. The van der Waals surface area contributed by atoms with Crippen LogP contribution in [-0.4, -0.2) is 26.2 Å². The van der Waals surface area contributed by atoms with Crippen LogP contribution >= 0.6 is 0 Å². The van der Waals surface area contributed by atoms with E-state index in [1.807, 2.05) is 25.5 Å². The van der Waals surface area contributed by atoms with Gasteiger partial charge in [0.25, 0.3) is 5.91 Å². The van der Waals surface area contributed by atoms with Gasteiger partial charge in [-0.05, 0) is 39.7 Å². The van der Waals surface area contributed by atoms with E-state index >= 15 is 0 Å². The third-order valence-electron chi connectivity index (χ3n) is 4.70. The molecule has 0 aromatic carbocycles. The molecule has 1 aliphatic rings. The van der Waals surface area contributed by atoms with Crippen molar-refractivity contribution in [3.05, 3.63) is 23.5 Å². The molecule has 0 radical (unpaired) electrons. The zero-order valence-electron chi connectivity index (χ0n) is 14.5. The number of amides is 1. The first-order valence-corrected chi connectivity index (χ1v) is 8.54. The number of rotatable bonds is 3. The van der Waals surface area contributed by atoms with Gasteiger partial charge in [-0.15, -0.1) is 0 Å². The average Bonchev–Trinajstić information content (AvgIpc) is 2.98. The fourth-order valence-electron chi connectivity index (χ4n) is 3.41. The smallest absolute Gasteiger partial charge is 0.253 e. The second kappa shape index (κ2) is 6.23. The summed E-state index contributed by atoms with van der Waals surface area (Å²) < 4.78 is 1.82. The molecule has 126 valence electrons. The Morgan fingerprint density at radius 1 is 1.38 bits per heavy atom. The molecule has 0 bridgehead atoms. The highest BCUT2D eigenvalue weighted by Gasteiger charge is 2.34. The Balaban J connectivity index is 1.99. The lowest BCUT2D eigenvalue weighted by Gasteiger charge is -2.31. The zero-order valence-corrected chi connectivity index (χ0v) is 14.5. The summed E-state index contributed by atoms with van der Waals surface area (Å²) in [6.45, 7) is 5.93. The molecular weight excluding hydrogens is 302 g/mol. The van der Waals surface area contributed by atoms with Gasteiger partial charge in [0, 0.05) is 11.7 Å². The molecular formula is C18H23N5O. The molecule has 2 aromatic rings. The quantitative estimate of drug-likeness (QED) is 0.938. The lowest BCUT2D eigenvalue weighted by molar-refractivity contribution is 0.0904. The largest absolute Gasteiger partial charge is 0.334 e. The molecule has 0 aliphatic heterocycles. The number of nitriles is 1. The maximum Gasteiger partial charge on any atom is 0.253 e. The predicted octanol–water partition coefficient (Wildman–Crippen LogP) is 3.28. The molecule has 6 heteroatoms. The molecule has 1 saturated carbocycles. The summed E-state index contributed by atoms with van der Waals surface area (Å²) in [5.41, 5.74) is 1.28. The Hall–Kier alpha value is -2.42. The number of pyridine rings is 1. The first-order valence-electron chi connectivity index (χ1n) is 8.54. The minimum absolute atomic E-state index is 0.163. The van der Waals surface area contributed by atoms with Crippen LogP contribution in [0.3, 0.4) is 0 Å². The number of nitrogens with one attached hydrogen (secondary N) is 1. The van der Waals surface area contributed by atoms with Gasteiger partial charge in [-0.2, -0.15) is 10.4 Å². The summed E-state index contributed by atoms with van der Waals surface area (Å²) in [6, 6.07) is 4.27. The summed E-state index contributed by atoms with van der Waals surface area (Å²) in [5.74, 6) is -0.211. The number of aromatic nitrogens is 3. The summed E-state index contributed by atoms with van der Waals surface area (Å²) >= 11 is 0. The molecule has 0 unspecified atom stereocenters. The Kier molecular flexibility index (Phi) is 4.27. The molecule has 1 aliphatic carbocycles. The highest BCUT2D eigenvalue weighted by atomic mass is 16.1. The molecule has 6 nitrogen and oxygen atoms in total. The molecule has 1 fully saturated rings. The molecule has 1 N–H and O–H groups in total. The van der Waals surface area contributed by atoms with Gasteiger partial charge in [-0.1, -0.05) is 19.3 Å². The second-order valence-corrected chi connectivity index (χ2v) is 6.94. The van der Waals surface area contributed by atoms with Gasteiger partial charge < -0.3 is 5.32 Å². The van der Waals surface area contributed by atoms with Gasteiger partial charge in [0.2, 0.25) is 0 Å². The van der Waals surface area contributed by atoms with Crippen LogP contribution in [0.5, 0.6) is 0 Å². The number of carbonyl (C=O) groups excluding carboxylic acids is 1. The summed E-state index contributed by atoms with van der Waals surface area (Å²) in [5, 5.41) is 17.7. The number of aryl methyl sites for hydroxylation is 1. The molecule has 2 heterocycles. The second-order valence-electron chi connectivity index (χ2n) is 6.94. The average molecular weight is 325 g/mol. The first-order chi connectivity index (χ1) is 11.5. The number of hydrogen-bond acceptors (Lipinski definition) is 4. The number of hydrogen-bond donors (Lipinski definition) is 1. The summed E-state index contributed by atoms with van der Waals surface area (Å²) in [6.07, 6.45) is 6.20. The van der Waals surface area contributed by atoms with Gasteiger partial charge in [0.15, 0.2) is 5.65 Å². The minimum Gasteiger partial charge on any atom is -0.334 e. The summed E-state index contributed by atoms with van der Waals surface area (Å²) in [4.78, 5) is 17.4. The minimum atomic E-state index is -0.743. The maximum absolute atomic E-state index is 12.9. The third kappa shape index (κ3) is 2.86. The maximum atomic E-state index is 12.9. The van der Waals surface area contributed by atoms with Gasteiger partial charge in [-0.3, -0.25) is 4.79 Å². The van der Waals surface area contributed by atoms with E-state index in [-0.39, 0.29) is 11.9 Å². The Labute approximate surface area is 141 Å². The molecule has 3 rings (SSSR count).